The van der Waals surface area contributed by atoms with Gasteiger partial charge in [0.1, 0.15) is 4.21 Å². The first-order valence-corrected chi connectivity index (χ1v) is 11.8. The molecule has 0 unspecified atom stereocenters. The monoisotopic (exact) mass is 432 g/mol. The van der Waals surface area contributed by atoms with Gasteiger partial charge in [-0.15, -0.1) is 11.3 Å². The van der Waals surface area contributed by atoms with Crippen molar-refractivity contribution in [1.29, 1.82) is 0 Å². The molecule has 2 aromatic carbocycles. The van der Waals surface area contributed by atoms with Crippen molar-refractivity contribution in [2.24, 2.45) is 0 Å². The number of thiophene rings is 1. The average Bonchev–Trinajstić information content (AvgIpc) is 3.17. The quantitative estimate of drug-likeness (QED) is 0.592. The lowest BCUT2D eigenvalue weighted by atomic mass is 10.0. The van der Waals surface area contributed by atoms with E-state index in [0.29, 0.717) is 21.6 Å². The summed E-state index contributed by atoms with van der Waals surface area (Å²) in [4.78, 5) is 2.30. The van der Waals surface area contributed by atoms with Crippen molar-refractivity contribution < 1.29 is 8.42 Å². The number of hydrogen-bond donors (Lipinski definition) is 0. The van der Waals surface area contributed by atoms with Crippen molar-refractivity contribution in [2.75, 3.05) is 26.2 Å². The summed E-state index contributed by atoms with van der Waals surface area (Å²) >= 11 is 7.01. The van der Waals surface area contributed by atoms with Crippen molar-refractivity contribution in [3.63, 3.8) is 0 Å². The van der Waals surface area contributed by atoms with Crippen LogP contribution in [0.1, 0.15) is 5.56 Å². The molecule has 28 heavy (non-hydrogen) atoms. The summed E-state index contributed by atoms with van der Waals surface area (Å²) in [6.07, 6.45) is 0. The third-order valence-electron chi connectivity index (χ3n) is 4.94. The first-order valence-electron chi connectivity index (χ1n) is 9.14. The highest BCUT2D eigenvalue weighted by Gasteiger charge is 2.29. The number of nitrogens with zero attached hydrogens (tertiary/aromatic N) is 2. The van der Waals surface area contributed by atoms with Gasteiger partial charge in [0.25, 0.3) is 10.0 Å². The molecular formula is C21H21ClN2O2S2. The third-order valence-corrected chi connectivity index (χ3v) is 8.54. The van der Waals surface area contributed by atoms with E-state index in [1.165, 1.54) is 16.7 Å². The predicted octanol–water partition coefficient (Wildman–Crippen LogP) is 4.58. The molecule has 7 heteroatoms. The van der Waals surface area contributed by atoms with Gasteiger partial charge < -0.3 is 0 Å². The summed E-state index contributed by atoms with van der Waals surface area (Å²) < 4.78 is 27.8. The van der Waals surface area contributed by atoms with E-state index in [2.05, 4.69) is 41.3 Å². The molecular weight excluding hydrogens is 412 g/mol. The van der Waals surface area contributed by atoms with Crippen molar-refractivity contribution >= 4 is 33.0 Å². The number of sulfonamides is 1. The Morgan fingerprint density at radius 3 is 2.07 bits per heavy atom. The molecule has 1 saturated heterocycles. The Morgan fingerprint density at radius 2 is 1.46 bits per heavy atom. The fraction of sp³-hybridized carbons (Fsp3) is 0.238. The topological polar surface area (TPSA) is 40.6 Å². The standard InChI is InChI=1S/C21H21ClN2O2S2/c22-20-10-11-21(27-20)28(25,26)24-14-12-23(13-15-24)16-17-6-8-19(9-7-17)18-4-2-1-3-5-18/h1-11H,12-16H2. The van der Waals surface area contributed by atoms with Gasteiger partial charge in [-0.3, -0.25) is 4.90 Å². The molecule has 0 spiro atoms. The van der Waals surface area contributed by atoms with Crippen molar-refractivity contribution in [3.05, 3.63) is 76.6 Å². The van der Waals surface area contributed by atoms with Gasteiger partial charge in [0.15, 0.2) is 0 Å². The van der Waals surface area contributed by atoms with Crippen LogP contribution in [0.25, 0.3) is 11.1 Å². The molecule has 0 amide bonds. The van der Waals surface area contributed by atoms with Crippen LogP contribution in [0.4, 0.5) is 0 Å². The Labute approximate surface area is 175 Å². The smallest absolute Gasteiger partial charge is 0.252 e. The molecule has 0 radical (unpaired) electrons. The maximum Gasteiger partial charge on any atom is 0.252 e. The predicted molar refractivity (Wildman–Crippen MR) is 115 cm³/mol. The zero-order valence-corrected chi connectivity index (χ0v) is 17.7. The summed E-state index contributed by atoms with van der Waals surface area (Å²) in [5, 5.41) is 0. The molecule has 0 bridgehead atoms. The first kappa shape index (κ1) is 19.6. The second-order valence-electron chi connectivity index (χ2n) is 6.80. The lowest BCUT2D eigenvalue weighted by Crippen LogP contribution is -2.48. The zero-order chi connectivity index (χ0) is 19.6. The molecule has 1 aliphatic heterocycles. The van der Waals surface area contributed by atoms with Crippen molar-refractivity contribution in [3.8, 4) is 11.1 Å². The fourth-order valence-electron chi connectivity index (χ4n) is 3.38. The van der Waals surface area contributed by atoms with Crippen LogP contribution in [0, 0.1) is 0 Å². The second-order valence-corrected chi connectivity index (χ2v) is 10.7. The maximum atomic E-state index is 12.7. The van der Waals surface area contributed by atoms with Gasteiger partial charge in [-0.25, -0.2) is 8.42 Å². The molecule has 4 nitrogen and oxygen atoms in total. The molecule has 1 aliphatic rings. The Hall–Kier alpha value is -1.70. The van der Waals surface area contributed by atoms with Crippen LogP contribution in [0.15, 0.2) is 70.9 Å². The van der Waals surface area contributed by atoms with E-state index in [1.807, 2.05) is 18.2 Å². The Kier molecular flexibility index (Phi) is 5.85. The molecule has 0 atom stereocenters. The minimum Gasteiger partial charge on any atom is -0.296 e. The molecule has 0 saturated carbocycles. The highest BCUT2D eigenvalue weighted by molar-refractivity contribution is 7.91. The number of benzene rings is 2. The van der Waals surface area contributed by atoms with Gasteiger partial charge in [-0.1, -0.05) is 66.2 Å². The fourth-order valence-corrected chi connectivity index (χ4v) is 6.44. The van der Waals surface area contributed by atoms with E-state index in [9.17, 15) is 8.42 Å². The van der Waals surface area contributed by atoms with Gasteiger partial charge in [0.05, 0.1) is 4.34 Å². The van der Waals surface area contributed by atoms with Crippen molar-refractivity contribution in [1.82, 2.24) is 9.21 Å². The van der Waals surface area contributed by atoms with E-state index in [0.717, 1.165) is 31.0 Å². The van der Waals surface area contributed by atoms with E-state index >= 15 is 0 Å². The van der Waals surface area contributed by atoms with Crippen LogP contribution in [-0.4, -0.2) is 43.8 Å². The minimum atomic E-state index is -3.43. The van der Waals surface area contributed by atoms with Crippen LogP contribution in [0.5, 0.6) is 0 Å². The zero-order valence-electron chi connectivity index (χ0n) is 15.3. The Balaban J connectivity index is 1.36. The van der Waals surface area contributed by atoms with Gasteiger partial charge in [0, 0.05) is 32.7 Å². The van der Waals surface area contributed by atoms with Crippen LogP contribution < -0.4 is 0 Å². The van der Waals surface area contributed by atoms with E-state index in [1.54, 1.807) is 16.4 Å². The lowest BCUT2D eigenvalue weighted by Gasteiger charge is -2.33. The van der Waals surface area contributed by atoms with Crippen LogP contribution in [0.3, 0.4) is 0 Å². The molecule has 1 fully saturated rings. The molecule has 1 aromatic heterocycles. The second kappa shape index (κ2) is 8.35. The summed E-state index contributed by atoms with van der Waals surface area (Å²) in [7, 11) is -3.43. The van der Waals surface area contributed by atoms with Gasteiger partial charge in [-0.2, -0.15) is 4.31 Å². The van der Waals surface area contributed by atoms with Crippen LogP contribution in [-0.2, 0) is 16.6 Å². The van der Waals surface area contributed by atoms with Gasteiger partial charge >= 0.3 is 0 Å². The third kappa shape index (κ3) is 4.31. The Bertz CT molecular complexity index is 1030. The van der Waals surface area contributed by atoms with E-state index < -0.39 is 10.0 Å². The van der Waals surface area contributed by atoms with Crippen LogP contribution >= 0.6 is 22.9 Å². The summed E-state index contributed by atoms with van der Waals surface area (Å²) in [6, 6.07) is 22.1. The molecule has 3 aromatic rings. The molecule has 2 heterocycles. The lowest BCUT2D eigenvalue weighted by molar-refractivity contribution is 0.182. The van der Waals surface area contributed by atoms with Gasteiger partial charge in [0.2, 0.25) is 0 Å². The number of piperazine rings is 1. The molecule has 4 rings (SSSR count). The summed E-state index contributed by atoms with van der Waals surface area (Å²) in [5.41, 5.74) is 3.65. The normalized spacial score (nSPS) is 16.3. The number of rotatable bonds is 5. The minimum absolute atomic E-state index is 0.322. The molecule has 146 valence electrons. The van der Waals surface area contributed by atoms with Gasteiger partial charge in [-0.05, 0) is 28.8 Å². The SMILES string of the molecule is O=S(=O)(c1ccc(Cl)s1)N1CCN(Cc2ccc(-c3ccccc3)cc2)CC1. The first-order chi connectivity index (χ1) is 13.5. The van der Waals surface area contributed by atoms with E-state index in [-0.39, 0.29) is 0 Å². The number of halogens is 1. The largest absolute Gasteiger partial charge is 0.296 e. The average molecular weight is 433 g/mol. The van der Waals surface area contributed by atoms with Crippen LogP contribution in [0.2, 0.25) is 4.34 Å². The summed E-state index contributed by atoms with van der Waals surface area (Å²) in [6.45, 7) is 3.27. The number of hydrogen-bond acceptors (Lipinski definition) is 4. The summed E-state index contributed by atoms with van der Waals surface area (Å²) in [5.74, 6) is 0. The maximum absolute atomic E-state index is 12.7. The highest BCUT2D eigenvalue weighted by atomic mass is 35.5. The Morgan fingerprint density at radius 1 is 0.821 bits per heavy atom. The highest BCUT2D eigenvalue weighted by Crippen LogP contribution is 2.28. The van der Waals surface area contributed by atoms with Crippen molar-refractivity contribution in [2.45, 2.75) is 10.8 Å². The van der Waals surface area contributed by atoms with E-state index in [4.69, 9.17) is 11.6 Å². The molecule has 0 aliphatic carbocycles. The molecule has 0 N–H and O–H groups in total.